The van der Waals surface area contributed by atoms with Crippen molar-refractivity contribution in [2.75, 3.05) is 6.61 Å². The zero-order chi connectivity index (χ0) is 15.6. The summed E-state index contributed by atoms with van der Waals surface area (Å²) in [5, 5.41) is 10.1. The molecule has 0 spiro atoms. The predicted octanol–water partition coefficient (Wildman–Crippen LogP) is 5.47. The lowest BCUT2D eigenvalue weighted by Gasteiger charge is -2.45. The number of unbranched alkanes of at least 4 members (excludes halogenated alkanes) is 9. The van der Waals surface area contributed by atoms with Gasteiger partial charge in [0.1, 0.15) is 0 Å². The summed E-state index contributed by atoms with van der Waals surface area (Å²) in [5.41, 5.74) is 0. The van der Waals surface area contributed by atoms with Crippen LogP contribution in [0.25, 0.3) is 0 Å². The van der Waals surface area contributed by atoms with Crippen LogP contribution >= 0.6 is 0 Å². The Kier molecular flexibility index (Phi) is 8.84. The molecule has 3 aliphatic carbocycles. The highest BCUT2D eigenvalue weighted by Gasteiger charge is 2.41. The van der Waals surface area contributed by atoms with Crippen LogP contribution in [-0.4, -0.2) is 23.9 Å². The first-order valence-electron chi connectivity index (χ1n) is 10.1. The minimum atomic E-state index is -0.0785. The van der Waals surface area contributed by atoms with Gasteiger partial charge in [0.05, 0.1) is 12.2 Å². The van der Waals surface area contributed by atoms with Crippen LogP contribution in [0.1, 0.15) is 96.8 Å². The Morgan fingerprint density at radius 2 is 1.45 bits per heavy atom. The Morgan fingerprint density at radius 3 is 2.05 bits per heavy atom. The minimum absolute atomic E-state index is 0.0785. The highest BCUT2D eigenvalue weighted by Crippen LogP contribution is 2.42. The fourth-order valence-corrected chi connectivity index (χ4v) is 4.42. The molecule has 3 rings (SSSR count). The normalized spacial score (nSPS) is 30.8. The second kappa shape index (κ2) is 10.6. The van der Waals surface area contributed by atoms with Crippen molar-refractivity contribution in [3.8, 4) is 0 Å². The number of aliphatic hydroxyl groups excluding tert-OH is 1. The van der Waals surface area contributed by atoms with Gasteiger partial charge in [0.25, 0.3) is 0 Å². The molecule has 3 aliphatic rings. The Hall–Kier alpha value is -0.0800. The average molecular weight is 311 g/mol. The highest BCUT2D eigenvalue weighted by molar-refractivity contribution is 4.92. The van der Waals surface area contributed by atoms with Gasteiger partial charge in [0.2, 0.25) is 0 Å². The van der Waals surface area contributed by atoms with Crippen LogP contribution < -0.4 is 0 Å². The van der Waals surface area contributed by atoms with Gasteiger partial charge in [-0.05, 0) is 38.0 Å². The number of aliphatic hydroxyl groups is 1. The second-order valence-corrected chi connectivity index (χ2v) is 7.74. The SMILES string of the molecule is CCCCCCCCCCCCOC1CC2CCC1C(O)C2. The summed E-state index contributed by atoms with van der Waals surface area (Å²) in [4.78, 5) is 0. The molecular formula is C20H38O2. The lowest BCUT2D eigenvalue weighted by atomic mass is 9.67. The number of ether oxygens (including phenoxy) is 1. The van der Waals surface area contributed by atoms with Crippen LogP contribution in [-0.2, 0) is 4.74 Å². The minimum Gasteiger partial charge on any atom is -0.393 e. The molecule has 130 valence electrons. The van der Waals surface area contributed by atoms with Crippen molar-refractivity contribution < 1.29 is 9.84 Å². The van der Waals surface area contributed by atoms with Crippen LogP contribution in [0.2, 0.25) is 0 Å². The van der Waals surface area contributed by atoms with Gasteiger partial charge in [-0.25, -0.2) is 0 Å². The summed E-state index contributed by atoms with van der Waals surface area (Å²) in [6, 6.07) is 0. The fourth-order valence-electron chi connectivity index (χ4n) is 4.42. The maximum absolute atomic E-state index is 10.1. The third-order valence-corrected chi connectivity index (χ3v) is 5.85. The maximum Gasteiger partial charge on any atom is 0.0630 e. The number of fused-ring (bicyclic) bond motifs is 3. The summed E-state index contributed by atoms with van der Waals surface area (Å²) < 4.78 is 6.10. The van der Waals surface area contributed by atoms with Gasteiger partial charge in [0.15, 0.2) is 0 Å². The van der Waals surface area contributed by atoms with Gasteiger partial charge in [-0.3, -0.25) is 0 Å². The summed E-state index contributed by atoms with van der Waals surface area (Å²) in [5.74, 6) is 1.17. The lowest BCUT2D eigenvalue weighted by molar-refractivity contribution is -0.111. The van der Waals surface area contributed by atoms with Crippen molar-refractivity contribution >= 4 is 0 Å². The van der Waals surface area contributed by atoms with E-state index in [0.29, 0.717) is 12.0 Å². The third-order valence-electron chi connectivity index (χ3n) is 5.85. The molecule has 3 fully saturated rings. The molecule has 0 aromatic carbocycles. The van der Waals surface area contributed by atoms with E-state index in [0.717, 1.165) is 18.9 Å². The van der Waals surface area contributed by atoms with Crippen molar-refractivity contribution in [1.82, 2.24) is 0 Å². The van der Waals surface area contributed by atoms with Gasteiger partial charge in [-0.2, -0.15) is 0 Å². The summed E-state index contributed by atoms with van der Waals surface area (Å²) in [7, 11) is 0. The largest absolute Gasteiger partial charge is 0.393 e. The zero-order valence-electron chi connectivity index (χ0n) is 14.8. The van der Waals surface area contributed by atoms with E-state index in [1.807, 2.05) is 0 Å². The van der Waals surface area contributed by atoms with Crippen LogP contribution in [0, 0.1) is 11.8 Å². The molecule has 3 saturated carbocycles. The zero-order valence-corrected chi connectivity index (χ0v) is 14.8. The summed E-state index contributed by atoms with van der Waals surface area (Å²) >= 11 is 0. The molecule has 0 aliphatic heterocycles. The van der Waals surface area contributed by atoms with Crippen LogP contribution in [0.15, 0.2) is 0 Å². The molecule has 2 nitrogen and oxygen atoms in total. The molecule has 0 aromatic rings. The van der Waals surface area contributed by atoms with Gasteiger partial charge < -0.3 is 9.84 Å². The highest BCUT2D eigenvalue weighted by atomic mass is 16.5. The molecule has 2 bridgehead atoms. The first-order chi connectivity index (χ1) is 10.8. The van der Waals surface area contributed by atoms with Gasteiger partial charge in [0, 0.05) is 12.5 Å². The molecular weight excluding hydrogens is 272 g/mol. The molecule has 1 N–H and O–H groups in total. The van der Waals surface area contributed by atoms with E-state index in [2.05, 4.69) is 6.92 Å². The lowest BCUT2D eigenvalue weighted by Crippen LogP contribution is -2.45. The molecule has 0 amide bonds. The van der Waals surface area contributed by atoms with Crippen molar-refractivity contribution in [2.24, 2.45) is 11.8 Å². The van der Waals surface area contributed by atoms with Crippen molar-refractivity contribution in [2.45, 2.75) is 109 Å². The summed E-state index contributed by atoms with van der Waals surface area (Å²) in [6.45, 7) is 3.19. The molecule has 4 atom stereocenters. The number of rotatable bonds is 12. The molecule has 0 heterocycles. The van der Waals surface area contributed by atoms with E-state index in [4.69, 9.17) is 4.74 Å². The number of hydrogen-bond donors (Lipinski definition) is 1. The molecule has 22 heavy (non-hydrogen) atoms. The molecule has 0 saturated heterocycles. The first-order valence-corrected chi connectivity index (χ1v) is 10.1. The third kappa shape index (κ3) is 6.20. The van der Waals surface area contributed by atoms with E-state index >= 15 is 0 Å². The monoisotopic (exact) mass is 310 g/mol. The van der Waals surface area contributed by atoms with E-state index < -0.39 is 0 Å². The van der Waals surface area contributed by atoms with Gasteiger partial charge >= 0.3 is 0 Å². The smallest absolute Gasteiger partial charge is 0.0630 e. The molecule has 2 heteroatoms. The molecule has 4 unspecified atom stereocenters. The molecule has 0 radical (unpaired) electrons. The fraction of sp³-hybridized carbons (Fsp3) is 1.00. The van der Waals surface area contributed by atoms with Crippen LogP contribution in [0.4, 0.5) is 0 Å². The van der Waals surface area contributed by atoms with Crippen molar-refractivity contribution in [1.29, 1.82) is 0 Å². The first kappa shape index (κ1) is 18.3. The maximum atomic E-state index is 10.1. The Balaban J connectivity index is 1.39. The van der Waals surface area contributed by atoms with Gasteiger partial charge in [-0.15, -0.1) is 0 Å². The Labute approximate surface area is 138 Å². The molecule has 0 aromatic heterocycles. The standard InChI is InChI=1S/C20H38O2/c1-2-3-4-5-6-7-8-9-10-11-14-22-20-16-17-12-13-18(20)19(21)15-17/h17-21H,2-16H2,1H3. The van der Waals surface area contributed by atoms with E-state index in [-0.39, 0.29) is 6.10 Å². The van der Waals surface area contributed by atoms with E-state index in [1.54, 1.807) is 0 Å². The van der Waals surface area contributed by atoms with E-state index in [9.17, 15) is 5.11 Å². The van der Waals surface area contributed by atoms with Gasteiger partial charge in [-0.1, -0.05) is 64.7 Å². The van der Waals surface area contributed by atoms with Crippen LogP contribution in [0.3, 0.4) is 0 Å². The van der Waals surface area contributed by atoms with Crippen molar-refractivity contribution in [3.05, 3.63) is 0 Å². The topological polar surface area (TPSA) is 29.5 Å². The average Bonchev–Trinajstić information content (AvgIpc) is 2.53. The van der Waals surface area contributed by atoms with Crippen LogP contribution in [0.5, 0.6) is 0 Å². The van der Waals surface area contributed by atoms with E-state index in [1.165, 1.54) is 83.5 Å². The number of hydrogen-bond acceptors (Lipinski definition) is 2. The predicted molar refractivity (Wildman–Crippen MR) is 93.0 cm³/mol. The second-order valence-electron chi connectivity index (χ2n) is 7.74. The quantitative estimate of drug-likeness (QED) is 0.484. The Morgan fingerprint density at radius 1 is 0.818 bits per heavy atom. The van der Waals surface area contributed by atoms with Crippen molar-refractivity contribution in [3.63, 3.8) is 0 Å². The Bertz CT molecular complexity index is 279. The summed E-state index contributed by atoms with van der Waals surface area (Å²) in [6.07, 6.45) is 18.8.